The molecule has 2 heterocycles. The van der Waals surface area contributed by atoms with Gasteiger partial charge in [-0.25, -0.2) is 9.62 Å². The van der Waals surface area contributed by atoms with E-state index in [2.05, 4.69) is 30.5 Å². The van der Waals surface area contributed by atoms with E-state index in [1.165, 1.54) is 0 Å². The van der Waals surface area contributed by atoms with Crippen molar-refractivity contribution < 1.29 is 4.63 Å². The van der Waals surface area contributed by atoms with E-state index in [-0.39, 0.29) is 0 Å². The summed E-state index contributed by atoms with van der Waals surface area (Å²) in [5.74, 6) is 0.888. The molecule has 0 radical (unpaired) electrons. The third-order valence-corrected chi connectivity index (χ3v) is 1.60. The molecular formula is C6H7N5O. The lowest BCUT2D eigenvalue weighted by Crippen LogP contribution is -2.05. The van der Waals surface area contributed by atoms with Gasteiger partial charge in [-0.2, -0.15) is 5.10 Å². The van der Waals surface area contributed by atoms with E-state index in [0.717, 1.165) is 11.4 Å². The molecular weight excluding hydrogens is 158 g/mol. The van der Waals surface area contributed by atoms with E-state index in [1.54, 1.807) is 0 Å². The van der Waals surface area contributed by atoms with Crippen molar-refractivity contribution in [3.63, 3.8) is 0 Å². The molecule has 0 unspecified atom stereocenters. The molecule has 0 fully saturated rings. The maximum Gasteiger partial charge on any atom is 0.243 e. The van der Waals surface area contributed by atoms with Gasteiger partial charge >= 0.3 is 0 Å². The first-order valence-corrected chi connectivity index (χ1v) is 3.46. The highest BCUT2D eigenvalue weighted by atomic mass is 16.6. The zero-order chi connectivity index (χ0) is 8.55. The van der Waals surface area contributed by atoms with E-state index in [4.69, 9.17) is 0 Å². The van der Waals surface area contributed by atoms with Crippen molar-refractivity contribution in [2.75, 3.05) is 5.43 Å². The van der Waals surface area contributed by atoms with Gasteiger partial charge in [0.25, 0.3) is 0 Å². The highest BCUT2D eigenvalue weighted by Gasteiger charge is 2.12. The van der Waals surface area contributed by atoms with Crippen molar-refractivity contribution in [3.8, 4) is 0 Å². The highest BCUT2D eigenvalue weighted by Crippen LogP contribution is 2.21. The highest BCUT2D eigenvalue weighted by molar-refractivity contribution is 6.41. The smallest absolute Gasteiger partial charge is 0.243 e. The van der Waals surface area contributed by atoms with Crippen LogP contribution < -0.4 is 5.43 Å². The van der Waals surface area contributed by atoms with Crippen molar-refractivity contribution in [2.24, 2.45) is 10.1 Å². The topological polar surface area (TPSA) is 75.7 Å². The molecule has 0 amide bonds. The third kappa shape index (κ3) is 0.969. The summed E-state index contributed by atoms with van der Waals surface area (Å²) in [6.45, 7) is 3.71. The molecule has 0 saturated heterocycles. The Morgan fingerprint density at radius 2 is 2.00 bits per heavy atom. The van der Waals surface area contributed by atoms with Crippen LogP contribution in [0.1, 0.15) is 13.8 Å². The van der Waals surface area contributed by atoms with Crippen LogP contribution >= 0.6 is 0 Å². The Morgan fingerprint density at radius 3 is 2.83 bits per heavy atom. The second kappa shape index (κ2) is 2.40. The van der Waals surface area contributed by atoms with E-state index < -0.39 is 0 Å². The normalized spacial score (nSPS) is 15.5. The van der Waals surface area contributed by atoms with Gasteiger partial charge in [0.2, 0.25) is 11.6 Å². The van der Waals surface area contributed by atoms with Gasteiger partial charge in [0.15, 0.2) is 0 Å². The Hall–Kier alpha value is -1.72. The number of aliphatic imine (C=N–C) groups is 1. The number of fused-ring (bicyclic) bond motifs is 1. The fourth-order valence-corrected chi connectivity index (χ4v) is 0.785. The van der Waals surface area contributed by atoms with Gasteiger partial charge in [0.1, 0.15) is 0 Å². The summed E-state index contributed by atoms with van der Waals surface area (Å²) in [7, 11) is 0. The summed E-state index contributed by atoms with van der Waals surface area (Å²) in [6, 6.07) is 0. The molecule has 1 aliphatic heterocycles. The molecule has 12 heavy (non-hydrogen) atoms. The second-order valence-electron chi connectivity index (χ2n) is 2.44. The van der Waals surface area contributed by atoms with Gasteiger partial charge in [-0.3, -0.25) is 5.43 Å². The summed E-state index contributed by atoms with van der Waals surface area (Å²) in [5.41, 5.74) is 4.31. The molecule has 6 nitrogen and oxygen atoms in total. The van der Waals surface area contributed by atoms with Crippen LogP contribution in [0.4, 0.5) is 11.6 Å². The Bertz CT molecular complexity index is 364. The molecule has 0 aliphatic carbocycles. The van der Waals surface area contributed by atoms with Crippen LogP contribution in [0.5, 0.6) is 0 Å². The van der Waals surface area contributed by atoms with Gasteiger partial charge in [-0.15, -0.1) is 0 Å². The molecule has 1 aromatic rings. The average molecular weight is 165 g/mol. The molecule has 62 valence electrons. The fourth-order valence-electron chi connectivity index (χ4n) is 0.785. The van der Waals surface area contributed by atoms with Crippen molar-refractivity contribution in [1.82, 2.24) is 10.3 Å². The molecule has 0 saturated carbocycles. The van der Waals surface area contributed by atoms with E-state index in [1.807, 2.05) is 13.8 Å². The second-order valence-corrected chi connectivity index (χ2v) is 2.44. The number of nitrogens with one attached hydrogen (secondary N) is 1. The van der Waals surface area contributed by atoms with Crippen molar-refractivity contribution in [1.29, 1.82) is 0 Å². The summed E-state index contributed by atoms with van der Waals surface area (Å²) in [6.07, 6.45) is 0. The number of hydrogen-bond acceptors (Lipinski definition) is 6. The van der Waals surface area contributed by atoms with E-state index >= 15 is 0 Å². The first-order valence-electron chi connectivity index (χ1n) is 3.46. The minimum Gasteiger partial charge on any atom is -0.255 e. The minimum absolute atomic E-state index is 0.438. The van der Waals surface area contributed by atoms with Crippen LogP contribution in [0.25, 0.3) is 0 Å². The maximum atomic E-state index is 4.47. The Balaban J connectivity index is 2.52. The molecule has 2 rings (SSSR count). The van der Waals surface area contributed by atoms with Crippen LogP contribution in [-0.2, 0) is 0 Å². The lowest BCUT2D eigenvalue weighted by atomic mass is 10.3. The minimum atomic E-state index is 0.438. The van der Waals surface area contributed by atoms with E-state index in [0.29, 0.717) is 11.6 Å². The SMILES string of the molecule is CC1=NNc2nonc2N=C1C. The van der Waals surface area contributed by atoms with Gasteiger partial charge < -0.3 is 0 Å². The largest absolute Gasteiger partial charge is 0.255 e. The van der Waals surface area contributed by atoms with Crippen molar-refractivity contribution in [2.45, 2.75) is 13.8 Å². The Labute approximate surface area is 68.3 Å². The quantitative estimate of drug-likeness (QED) is 0.621. The van der Waals surface area contributed by atoms with Crippen molar-refractivity contribution in [3.05, 3.63) is 0 Å². The monoisotopic (exact) mass is 165 g/mol. The van der Waals surface area contributed by atoms with Gasteiger partial charge in [0.05, 0.1) is 11.4 Å². The first-order chi connectivity index (χ1) is 5.77. The Morgan fingerprint density at radius 1 is 1.17 bits per heavy atom. The Kier molecular flexibility index (Phi) is 1.39. The number of anilines is 1. The summed E-state index contributed by atoms with van der Waals surface area (Å²) in [5, 5.41) is 11.2. The van der Waals surface area contributed by atoms with E-state index in [9.17, 15) is 0 Å². The first kappa shape index (κ1) is 6.96. The number of rotatable bonds is 0. The van der Waals surface area contributed by atoms with Crippen LogP contribution in [0.2, 0.25) is 0 Å². The van der Waals surface area contributed by atoms with Gasteiger partial charge in [-0.1, -0.05) is 0 Å². The fraction of sp³-hybridized carbons (Fsp3) is 0.333. The molecule has 6 heteroatoms. The number of hydrogen-bond donors (Lipinski definition) is 1. The van der Waals surface area contributed by atoms with Crippen LogP contribution in [0.15, 0.2) is 14.7 Å². The number of hydrazone groups is 1. The molecule has 0 bridgehead atoms. The lowest BCUT2D eigenvalue weighted by molar-refractivity contribution is 0.310. The molecule has 0 aromatic carbocycles. The van der Waals surface area contributed by atoms with Crippen LogP contribution in [-0.4, -0.2) is 21.7 Å². The van der Waals surface area contributed by atoms with Gasteiger partial charge in [0, 0.05) is 0 Å². The molecule has 1 aromatic heterocycles. The standard InChI is InChI=1S/C6H7N5O/c1-3-4(2)8-9-6-5(7-3)10-12-11-6/h1-2H3,(H,9,11). The summed E-state index contributed by atoms with van der Waals surface area (Å²) >= 11 is 0. The van der Waals surface area contributed by atoms with Crippen LogP contribution in [0.3, 0.4) is 0 Å². The van der Waals surface area contributed by atoms with Crippen LogP contribution in [0, 0.1) is 0 Å². The van der Waals surface area contributed by atoms with Gasteiger partial charge in [-0.05, 0) is 24.2 Å². The zero-order valence-corrected chi connectivity index (χ0v) is 6.70. The zero-order valence-electron chi connectivity index (χ0n) is 6.70. The third-order valence-electron chi connectivity index (χ3n) is 1.60. The summed E-state index contributed by atoms with van der Waals surface area (Å²) < 4.78 is 4.47. The molecule has 1 N–H and O–H groups in total. The predicted octanol–water partition coefficient (Wildman–Crippen LogP) is 0.963. The maximum absolute atomic E-state index is 4.47. The molecule has 0 spiro atoms. The number of aromatic nitrogens is 2. The average Bonchev–Trinajstić information content (AvgIpc) is 2.43. The lowest BCUT2D eigenvalue weighted by Gasteiger charge is -1.92. The summed E-state index contributed by atoms with van der Waals surface area (Å²) in [4.78, 5) is 4.14. The van der Waals surface area contributed by atoms with Crippen molar-refractivity contribution >= 4 is 23.1 Å². The number of nitrogens with zero attached hydrogens (tertiary/aromatic N) is 4. The predicted molar refractivity (Wildman–Crippen MR) is 43.8 cm³/mol. The molecule has 1 aliphatic rings. The molecule has 0 atom stereocenters.